The van der Waals surface area contributed by atoms with Gasteiger partial charge in [-0.2, -0.15) is 0 Å². The van der Waals surface area contributed by atoms with Crippen LogP contribution in [0.4, 0.5) is 0 Å². The van der Waals surface area contributed by atoms with E-state index in [1.54, 1.807) is 0 Å². The fourth-order valence-electron chi connectivity index (χ4n) is 3.24. The molecule has 3 heteroatoms. The Morgan fingerprint density at radius 1 is 1.20 bits per heavy atom. The molecule has 3 nitrogen and oxygen atoms in total. The molecule has 20 heavy (non-hydrogen) atoms. The van der Waals surface area contributed by atoms with Crippen molar-refractivity contribution in [2.75, 3.05) is 26.2 Å². The van der Waals surface area contributed by atoms with Gasteiger partial charge < -0.3 is 9.88 Å². The minimum Gasteiger partial charge on any atom is -0.345 e. The number of aromatic nitrogens is 1. The van der Waals surface area contributed by atoms with E-state index in [9.17, 15) is 0 Å². The minimum atomic E-state index is 0.510. The molecule has 0 unspecified atom stereocenters. The summed E-state index contributed by atoms with van der Waals surface area (Å²) in [6.07, 6.45) is 2.37. The van der Waals surface area contributed by atoms with Gasteiger partial charge in [0.1, 0.15) is 0 Å². The quantitative estimate of drug-likeness (QED) is 0.926. The van der Waals surface area contributed by atoms with Gasteiger partial charge in [-0.05, 0) is 38.0 Å². The summed E-state index contributed by atoms with van der Waals surface area (Å²) < 4.78 is 2.42. The zero-order valence-electron chi connectivity index (χ0n) is 12.8. The molecule has 0 bridgehead atoms. The number of hydrogen-bond donors (Lipinski definition) is 1. The van der Waals surface area contributed by atoms with Crippen molar-refractivity contribution < 1.29 is 0 Å². The molecule has 0 amide bonds. The van der Waals surface area contributed by atoms with Gasteiger partial charge in [0, 0.05) is 55.9 Å². The van der Waals surface area contributed by atoms with Crippen LogP contribution in [0.3, 0.4) is 0 Å². The molecule has 108 valence electrons. The van der Waals surface area contributed by atoms with Gasteiger partial charge in [0.25, 0.3) is 0 Å². The van der Waals surface area contributed by atoms with Crippen molar-refractivity contribution in [2.45, 2.75) is 33.4 Å². The predicted octanol–water partition coefficient (Wildman–Crippen LogP) is 2.94. The molecular weight excluding hydrogens is 246 g/mol. The van der Waals surface area contributed by atoms with E-state index >= 15 is 0 Å². The van der Waals surface area contributed by atoms with Crippen molar-refractivity contribution in [3.63, 3.8) is 0 Å². The number of aryl methyl sites for hydroxylation is 1. The zero-order valence-corrected chi connectivity index (χ0v) is 12.8. The van der Waals surface area contributed by atoms with Crippen LogP contribution in [0, 0.1) is 6.92 Å². The van der Waals surface area contributed by atoms with Crippen LogP contribution < -0.4 is 5.32 Å². The van der Waals surface area contributed by atoms with Crippen molar-refractivity contribution in [3.8, 4) is 0 Å². The number of nitrogens with zero attached hydrogens (tertiary/aromatic N) is 2. The fraction of sp³-hybridized carbons (Fsp3) is 0.529. The highest BCUT2D eigenvalue weighted by Gasteiger charge is 2.16. The Labute approximate surface area is 121 Å². The Morgan fingerprint density at radius 2 is 1.95 bits per heavy atom. The molecule has 0 spiro atoms. The zero-order chi connectivity index (χ0) is 14.1. The molecule has 1 aromatic heterocycles. The van der Waals surface area contributed by atoms with Crippen LogP contribution in [0.1, 0.15) is 31.0 Å². The average molecular weight is 271 g/mol. The predicted molar refractivity (Wildman–Crippen MR) is 85.2 cm³/mol. The first-order valence-corrected chi connectivity index (χ1v) is 7.69. The van der Waals surface area contributed by atoms with Crippen LogP contribution in [0.2, 0.25) is 0 Å². The Morgan fingerprint density at radius 3 is 2.65 bits per heavy atom. The van der Waals surface area contributed by atoms with Gasteiger partial charge in [-0.25, -0.2) is 0 Å². The average Bonchev–Trinajstić information content (AvgIpc) is 2.80. The summed E-state index contributed by atoms with van der Waals surface area (Å²) in [6.45, 7) is 12.4. The third-order valence-electron chi connectivity index (χ3n) is 4.30. The minimum absolute atomic E-state index is 0.510. The lowest BCUT2D eigenvalue weighted by Gasteiger charge is -2.27. The van der Waals surface area contributed by atoms with Gasteiger partial charge in [-0.1, -0.05) is 12.1 Å². The molecule has 2 aromatic rings. The Bertz CT molecular complexity index is 592. The summed E-state index contributed by atoms with van der Waals surface area (Å²) in [7, 11) is 0. The largest absolute Gasteiger partial charge is 0.345 e. The topological polar surface area (TPSA) is 20.2 Å². The summed E-state index contributed by atoms with van der Waals surface area (Å²) in [6, 6.07) is 7.17. The van der Waals surface area contributed by atoms with Gasteiger partial charge in [0.15, 0.2) is 0 Å². The van der Waals surface area contributed by atoms with E-state index in [1.165, 1.54) is 22.0 Å². The highest BCUT2D eigenvalue weighted by atomic mass is 15.2. The standard InChI is InChI=1S/C17H25N3/c1-13(2)20-12-15(11-19-9-7-18-8-10-19)17-14(3)5-4-6-16(17)20/h4-6,12-13,18H,7-11H2,1-3H3. The second-order valence-corrected chi connectivity index (χ2v) is 6.15. The molecule has 1 aliphatic rings. The van der Waals surface area contributed by atoms with Gasteiger partial charge >= 0.3 is 0 Å². The highest BCUT2D eigenvalue weighted by Crippen LogP contribution is 2.28. The lowest BCUT2D eigenvalue weighted by Crippen LogP contribution is -2.42. The van der Waals surface area contributed by atoms with Crippen LogP contribution in [0.15, 0.2) is 24.4 Å². The normalized spacial score (nSPS) is 17.2. The van der Waals surface area contributed by atoms with E-state index in [0.29, 0.717) is 6.04 Å². The molecule has 1 aliphatic heterocycles. The second-order valence-electron chi connectivity index (χ2n) is 6.15. The van der Waals surface area contributed by atoms with E-state index in [0.717, 1.165) is 32.7 Å². The molecule has 3 rings (SSSR count). The fourth-order valence-corrected chi connectivity index (χ4v) is 3.24. The number of rotatable bonds is 3. The van der Waals surface area contributed by atoms with Crippen LogP contribution in [0.5, 0.6) is 0 Å². The van der Waals surface area contributed by atoms with E-state index in [2.05, 4.69) is 60.0 Å². The van der Waals surface area contributed by atoms with Crippen molar-refractivity contribution in [1.82, 2.24) is 14.8 Å². The van der Waals surface area contributed by atoms with Gasteiger partial charge in [0.05, 0.1) is 0 Å². The van der Waals surface area contributed by atoms with Crippen LogP contribution in [0.25, 0.3) is 10.9 Å². The van der Waals surface area contributed by atoms with Crippen LogP contribution >= 0.6 is 0 Å². The molecular formula is C17H25N3. The summed E-state index contributed by atoms with van der Waals surface area (Å²) in [4.78, 5) is 2.56. The molecule has 1 aromatic carbocycles. The Kier molecular flexibility index (Phi) is 3.81. The molecule has 0 atom stereocenters. The van der Waals surface area contributed by atoms with Crippen LogP contribution in [-0.2, 0) is 6.54 Å². The molecule has 0 radical (unpaired) electrons. The van der Waals surface area contributed by atoms with Crippen molar-refractivity contribution in [2.24, 2.45) is 0 Å². The van der Waals surface area contributed by atoms with Crippen molar-refractivity contribution in [3.05, 3.63) is 35.5 Å². The molecule has 1 saturated heterocycles. The highest BCUT2D eigenvalue weighted by molar-refractivity contribution is 5.87. The van der Waals surface area contributed by atoms with E-state index < -0.39 is 0 Å². The van der Waals surface area contributed by atoms with Gasteiger partial charge in [0.2, 0.25) is 0 Å². The first-order valence-electron chi connectivity index (χ1n) is 7.69. The maximum atomic E-state index is 3.43. The third kappa shape index (κ3) is 2.48. The maximum Gasteiger partial charge on any atom is 0.0488 e. The number of fused-ring (bicyclic) bond motifs is 1. The third-order valence-corrected chi connectivity index (χ3v) is 4.30. The number of benzene rings is 1. The second kappa shape index (κ2) is 5.58. The first kappa shape index (κ1) is 13.7. The Balaban J connectivity index is 2.01. The lowest BCUT2D eigenvalue weighted by molar-refractivity contribution is 0.234. The maximum absolute atomic E-state index is 3.43. The van der Waals surface area contributed by atoms with Crippen molar-refractivity contribution >= 4 is 10.9 Å². The molecule has 0 saturated carbocycles. The van der Waals surface area contributed by atoms with E-state index in [1.807, 2.05) is 0 Å². The SMILES string of the molecule is Cc1cccc2c1c(CN1CCNCC1)cn2C(C)C. The smallest absolute Gasteiger partial charge is 0.0488 e. The molecule has 0 aliphatic carbocycles. The summed E-state index contributed by atoms with van der Waals surface area (Å²) in [5, 5.41) is 4.88. The molecule has 1 fully saturated rings. The lowest BCUT2D eigenvalue weighted by atomic mass is 10.1. The summed E-state index contributed by atoms with van der Waals surface area (Å²) in [5.41, 5.74) is 4.26. The monoisotopic (exact) mass is 271 g/mol. The van der Waals surface area contributed by atoms with Crippen molar-refractivity contribution in [1.29, 1.82) is 0 Å². The van der Waals surface area contributed by atoms with Gasteiger partial charge in [-0.3, -0.25) is 4.90 Å². The molecule has 2 heterocycles. The summed E-state index contributed by atoms with van der Waals surface area (Å²) >= 11 is 0. The van der Waals surface area contributed by atoms with E-state index in [-0.39, 0.29) is 0 Å². The number of piperazine rings is 1. The number of hydrogen-bond acceptors (Lipinski definition) is 2. The Hall–Kier alpha value is -1.32. The first-order chi connectivity index (χ1) is 9.66. The molecule has 1 N–H and O–H groups in total. The summed E-state index contributed by atoms with van der Waals surface area (Å²) in [5.74, 6) is 0. The van der Waals surface area contributed by atoms with Crippen LogP contribution in [-0.4, -0.2) is 35.6 Å². The van der Waals surface area contributed by atoms with E-state index in [4.69, 9.17) is 0 Å². The number of nitrogens with one attached hydrogen (secondary N) is 1. The van der Waals surface area contributed by atoms with Gasteiger partial charge in [-0.15, -0.1) is 0 Å².